The number of benzene rings is 15. The van der Waals surface area contributed by atoms with Crippen molar-refractivity contribution >= 4 is 97.4 Å². The third-order valence-electron chi connectivity index (χ3n) is 24.7. The summed E-state index contributed by atoms with van der Waals surface area (Å²) >= 11 is 0. The first-order chi connectivity index (χ1) is 51.6. The summed E-state index contributed by atoms with van der Waals surface area (Å²) in [5.74, 6) is 3.76. The average molecular weight is 1340 g/mol. The van der Waals surface area contributed by atoms with Crippen molar-refractivity contribution in [3.63, 3.8) is 0 Å². The van der Waals surface area contributed by atoms with Crippen LogP contribution in [-0.2, 0) is 21.7 Å². The van der Waals surface area contributed by atoms with E-state index in [1.165, 1.54) is 133 Å². The number of ether oxygens (including phenoxy) is 2. The Morgan fingerprint density at radius 1 is 0.219 bits per heavy atom. The van der Waals surface area contributed by atoms with Gasteiger partial charge in [0.25, 0.3) is 13.4 Å². The molecule has 0 aromatic heterocycles. The predicted octanol–water partition coefficient (Wildman–Crippen LogP) is 20.0. The van der Waals surface area contributed by atoms with E-state index < -0.39 is 10.8 Å². The van der Waals surface area contributed by atoms with Crippen molar-refractivity contribution in [2.45, 2.75) is 49.4 Å². The molecule has 0 N–H and O–H groups in total. The fourth-order valence-electron chi connectivity index (χ4n) is 20.6. The summed E-state index contributed by atoms with van der Waals surface area (Å²) in [6.07, 6.45) is 0. The molecule has 7 heteroatoms. The summed E-state index contributed by atoms with van der Waals surface area (Å²) in [5.41, 5.74) is 35.1. The van der Waals surface area contributed by atoms with E-state index in [1.807, 2.05) is 0 Å². The minimum atomic E-state index is -0.580. The molecule has 0 amide bonds. The van der Waals surface area contributed by atoms with E-state index in [0.717, 1.165) is 51.4 Å². The van der Waals surface area contributed by atoms with Crippen molar-refractivity contribution in [3.05, 3.63) is 413 Å². The zero-order valence-electron chi connectivity index (χ0n) is 58.7. The van der Waals surface area contributed by atoms with Gasteiger partial charge in [-0.25, -0.2) is 0 Å². The Morgan fingerprint density at radius 2 is 0.486 bits per heavy atom. The van der Waals surface area contributed by atoms with Gasteiger partial charge in [0.15, 0.2) is 0 Å². The standard InChI is InChI=1S/C52H37BN2O.C46H32BNO/c1-51(2)36-20-6-11-25-42(36)53-43-26-12-17-31-48(43)56-49-33-35(32-41(51)50(49)53)55-46-29-15-9-23-39(46)52(40-24-10-16-30-47(40)55)37-21-7-13-27-44(37)54(34-18-4-3-5-19-34)45-28-14-8-22-38(45)52;1-45(2)34-19-7-10-22-38(34)47-39-23-11-14-26-42(39)49-43-28-29(27-37(45)44(43)47)48-40-24-12-8-20-35(40)46(36-21-9-13-25-41(36)48)32-17-5-3-15-30(32)31-16-4-6-18-33(31)46/h3-33H,1-2H3;3-28H,1-2H3. The van der Waals surface area contributed by atoms with E-state index in [1.54, 1.807) is 0 Å². The van der Waals surface area contributed by atoms with Gasteiger partial charge >= 0.3 is 0 Å². The van der Waals surface area contributed by atoms with E-state index in [0.29, 0.717) is 0 Å². The Labute approximate surface area is 613 Å². The minimum Gasteiger partial charge on any atom is -0.458 e. The maximum atomic E-state index is 6.96. The lowest BCUT2D eigenvalue weighted by atomic mass is 9.30. The van der Waals surface area contributed by atoms with Gasteiger partial charge in [-0.2, -0.15) is 0 Å². The van der Waals surface area contributed by atoms with Crippen LogP contribution in [-0.4, -0.2) is 13.4 Å². The Morgan fingerprint density at radius 3 is 0.848 bits per heavy atom. The normalized spacial score (nSPS) is 15.8. The largest absolute Gasteiger partial charge is 0.458 e. The van der Waals surface area contributed by atoms with Gasteiger partial charge < -0.3 is 24.2 Å². The van der Waals surface area contributed by atoms with Crippen molar-refractivity contribution in [2.24, 2.45) is 0 Å². The van der Waals surface area contributed by atoms with Gasteiger partial charge in [-0.05, 0) is 173 Å². The van der Waals surface area contributed by atoms with E-state index in [9.17, 15) is 0 Å². The highest BCUT2D eigenvalue weighted by molar-refractivity contribution is 6.98. The molecule has 0 saturated heterocycles. The number of anilines is 9. The van der Waals surface area contributed by atoms with Crippen LogP contribution in [0.1, 0.15) is 94.5 Å². The first kappa shape index (κ1) is 60.1. The smallest absolute Gasteiger partial charge is 0.251 e. The Balaban J connectivity index is 0.000000133. The zero-order valence-corrected chi connectivity index (χ0v) is 58.7. The lowest BCUT2D eigenvalue weighted by Crippen LogP contribution is -2.62. The molecule has 494 valence electrons. The van der Waals surface area contributed by atoms with Gasteiger partial charge in [-0.15, -0.1) is 0 Å². The number of rotatable bonds is 3. The molecule has 0 unspecified atom stereocenters. The third-order valence-corrected chi connectivity index (χ3v) is 24.7. The number of hydrogen-bond acceptors (Lipinski definition) is 5. The van der Waals surface area contributed by atoms with E-state index in [4.69, 9.17) is 9.47 Å². The van der Waals surface area contributed by atoms with Crippen molar-refractivity contribution in [2.75, 3.05) is 14.7 Å². The molecule has 0 saturated carbocycles. The van der Waals surface area contributed by atoms with Crippen molar-refractivity contribution in [1.82, 2.24) is 0 Å². The molecule has 0 bridgehead atoms. The molecule has 5 nitrogen and oxygen atoms in total. The van der Waals surface area contributed by atoms with Crippen LogP contribution >= 0.6 is 0 Å². The minimum absolute atomic E-state index is 0.107. The van der Waals surface area contributed by atoms with Crippen molar-refractivity contribution in [3.8, 4) is 34.1 Å². The number of fused-ring (bicyclic) bond motifs is 25. The average Bonchev–Trinajstić information content (AvgIpc) is 1.32. The molecule has 0 atom stereocenters. The Bertz CT molecular complexity index is 6020. The second-order valence-electron chi connectivity index (χ2n) is 30.4. The molecular weight excluding hydrogens is 1270 g/mol. The molecule has 15 aromatic rings. The SMILES string of the molecule is CC1(C)c2ccccc2B2c3ccccc3Oc3cc(N4c5ccccc5C5(c6ccccc6-c6ccccc65)c5ccccc54)cc1c32.CC1(C)c2ccccc2B2c3ccccc3Oc3cc(N4c5ccccc5C5(c6ccccc6N(c6ccccc6)c6ccccc65)c5ccccc54)cc1c32. The zero-order chi connectivity index (χ0) is 69.7. The number of hydrogen-bond donors (Lipinski definition) is 0. The van der Waals surface area contributed by atoms with Gasteiger partial charge in [-0.3, -0.25) is 0 Å². The van der Waals surface area contributed by atoms with E-state index in [-0.39, 0.29) is 24.3 Å². The Kier molecular flexibility index (Phi) is 12.6. The summed E-state index contributed by atoms with van der Waals surface area (Å²) in [5, 5.41) is 0. The maximum absolute atomic E-state index is 6.96. The fourth-order valence-corrected chi connectivity index (χ4v) is 20.6. The van der Waals surface area contributed by atoms with Gasteiger partial charge in [0.2, 0.25) is 0 Å². The van der Waals surface area contributed by atoms with Crippen LogP contribution in [0.5, 0.6) is 23.0 Å². The van der Waals surface area contributed by atoms with Crippen LogP contribution in [0.25, 0.3) is 11.1 Å². The molecular formula is C98H69B2N3O2. The van der Waals surface area contributed by atoms with Crippen LogP contribution < -0.4 is 57.0 Å². The highest BCUT2D eigenvalue weighted by atomic mass is 16.5. The summed E-state index contributed by atoms with van der Waals surface area (Å²) < 4.78 is 13.9. The monoisotopic (exact) mass is 1340 g/mol. The molecule has 7 aliphatic heterocycles. The highest BCUT2D eigenvalue weighted by Crippen LogP contribution is 2.66. The number of nitrogens with zero attached hydrogens (tertiary/aromatic N) is 3. The molecule has 15 aromatic carbocycles. The first-order valence-electron chi connectivity index (χ1n) is 37.0. The first-order valence-corrected chi connectivity index (χ1v) is 37.0. The maximum Gasteiger partial charge on any atom is 0.251 e. The highest BCUT2D eigenvalue weighted by Gasteiger charge is 2.55. The van der Waals surface area contributed by atoms with Crippen LogP contribution in [0.15, 0.2) is 346 Å². The molecule has 2 spiro atoms. The topological polar surface area (TPSA) is 28.2 Å². The third kappa shape index (κ3) is 7.94. The van der Waals surface area contributed by atoms with E-state index in [2.05, 4.69) is 388 Å². The van der Waals surface area contributed by atoms with Crippen LogP contribution in [0, 0.1) is 0 Å². The Hall–Kier alpha value is -12.6. The van der Waals surface area contributed by atoms with Gasteiger partial charge in [0.1, 0.15) is 23.0 Å². The molecule has 7 heterocycles. The lowest BCUT2D eigenvalue weighted by Gasteiger charge is -2.51. The summed E-state index contributed by atoms with van der Waals surface area (Å²) in [7, 11) is 0. The lowest BCUT2D eigenvalue weighted by molar-refractivity contribution is 0.484. The molecule has 8 aliphatic rings. The van der Waals surface area contributed by atoms with Gasteiger partial charge in [-0.1, -0.05) is 299 Å². The molecule has 23 rings (SSSR count). The van der Waals surface area contributed by atoms with Gasteiger partial charge in [0.05, 0.1) is 56.3 Å². The second kappa shape index (κ2) is 22.0. The summed E-state index contributed by atoms with van der Waals surface area (Å²) in [4.78, 5) is 7.43. The molecule has 1 aliphatic carbocycles. The molecule has 0 radical (unpaired) electrons. The summed E-state index contributed by atoms with van der Waals surface area (Å²) in [6.45, 7) is 9.74. The molecule has 105 heavy (non-hydrogen) atoms. The quantitative estimate of drug-likeness (QED) is 0.164. The van der Waals surface area contributed by atoms with Crippen molar-refractivity contribution < 1.29 is 9.47 Å². The second-order valence-corrected chi connectivity index (χ2v) is 30.4. The number of para-hydroxylation sites is 9. The van der Waals surface area contributed by atoms with Crippen LogP contribution in [0.3, 0.4) is 0 Å². The van der Waals surface area contributed by atoms with Crippen LogP contribution in [0.4, 0.5) is 51.2 Å². The predicted molar refractivity (Wildman–Crippen MR) is 433 cm³/mol. The molecule has 0 fully saturated rings. The van der Waals surface area contributed by atoms with E-state index >= 15 is 0 Å². The fraction of sp³-hybridized carbons (Fsp3) is 0.0816. The summed E-state index contributed by atoms with van der Waals surface area (Å²) in [6, 6.07) is 128. The van der Waals surface area contributed by atoms with Crippen LogP contribution in [0.2, 0.25) is 0 Å². The van der Waals surface area contributed by atoms with Gasteiger partial charge in [0, 0.05) is 28.7 Å². The van der Waals surface area contributed by atoms with Crippen molar-refractivity contribution in [1.29, 1.82) is 0 Å².